The lowest BCUT2D eigenvalue weighted by Crippen LogP contribution is -2.50. The molecule has 126 valence electrons. The Hall–Kier alpha value is -2.67. The first-order chi connectivity index (χ1) is 11.5. The SMILES string of the molecule is Cc1c(C(=O)NC2(CC(=O)O)CCOC2)cnn1-c1ccccc1. The zero-order valence-electron chi connectivity index (χ0n) is 13.4. The molecule has 7 heteroatoms. The summed E-state index contributed by atoms with van der Waals surface area (Å²) in [6, 6.07) is 9.50. The molecule has 2 N–H and O–H groups in total. The monoisotopic (exact) mass is 329 g/mol. The fourth-order valence-electron chi connectivity index (χ4n) is 2.95. The van der Waals surface area contributed by atoms with Crippen LogP contribution < -0.4 is 5.32 Å². The molecule has 1 amide bonds. The number of carboxylic acid groups (broad SMARTS) is 1. The van der Waals surface area contributed by atoms with Crippen molar-refractivity contribution in [2.75, 3.05) is 13.2 Å². The van der Waals surface area contributed by atoms with Gasteiger partial charge < -0.3 is 15.2 Å². The van der Waals surface area contributed by atoms with Crippen LogP contribution in [0.4, 0.5) is 0 Å². The van der Waals surface area contributed by atoms with Crippen LogP contribution >= 0.6 is 0 Å². The number of nitrogens with zero attached hydrogens (tertiary/aromatic N) is 2. The number of amides is 1. The molecule has 2 aromatic rings. The third-order valence-corrected chi connectivity index (χ3v) is 4.23. The van der Waals surface area contributed by atoms with Gasteiger partial charge in [-0.05, 0) is 25.5 Å². The number of ether oxygens (including phenoxy) is 1. The summed E-state index contributed by atoms with van der Waals surface area (Å²) in [5.41, 5.74) is 1.13. The number of nitrogens with one attached hydrogen (secondary N) is 1. The third-order valence-electron chi connectivity index (χ3n) is 4.23. The van der Waals surface area contributed by atoms with Crippen molar-refractivity contribution in [2.45, 2.75) is 25.3 Å². The summed E-state index contributed by atoms with van der Waals surface area (Å²) >= 11 is 0. The highest BCUT2D eigenvalue weighted by molar-refractivity contribution is 5.96. The van der Waals surface area contributed by atoms with Gasteiger partial charge in [-0.3, -0.25) is 9.59 Å². The standard InChI is InChI=1S/C17H19N3O4/c1-12-14(10-18-20(12)13-5-3-2-4-6-13)16(23)19-17(9-15(21)22)7-8-24-11-17/h2-6,10H,7-9,11H2,1H3,(H,19,23)(H,21,22). The van der Waals surface area contributed by atoms with E-state index in [0.29, 0.717) is 24.3 Å². The van der Waals surface area contributed by atoms with Gasteiger partial charge in [0, 0.05) is 6.61 Å². The van der Waals surface area contributed by atoms with Crippen molar-refractivity contribution in [3.05, 3.63) is 47.8 Å². The second kappa shape index (κ2) is 6.45. The zero-order chi connectivity index (χ0) is 17.2. The number of rotatable bonds is 5. The molecule has 2 heterocycles. The van der Waals surface area contributed by atoms with Crippen molar-refractivity contribution in [1.82, 2.24) is 15.1 Å². The van der Waals surface area contributed by atoms with E-state index < -0.39 is 11.5 Å². The molecule has 3 rings (SSSR count). The Balaban J connectivity index is 1.83. The number of benzene rings is 1. The normalized spacial score (nSPS) is 20.0. The van der Waals surface area contributed by atoms with E-state index in [-0.39, 0.29) is 18.9 Å². The maximum atomic E-state index is 12.6. The number of carbonyl (C=O) groups excluding carboxylic acids is 1. The summed E-state index contributed by atoms with van der Waals surface area (Å²) in [7, 11) is 0. The number of aromatic nitrogens is 2. The topological polar surface area (TPSA) is 93.5 Å². The van der Waals surface area contributed by atoms with Gasteiger partial charge in [0.25, 0.3) is 5.91 Å². The molecule has 0 radical (unpaired) electrons. The maximum absolute atomic E-state index is 12.6. The second-order valence-electron chi connectivity index (χ2n) is 6.00. The number of hydrogen-bond donors (Lipinski definition) is 2. The van der Waals surface area contributed by atoms with Crippen LogP contribution in [0, 0.1) is 6.92 Å². The Morgan fingerprint density at radius 2 is 2.12 bits per heavy atom. The minimum Gasteiger partial charge on any atom is -0.481 e. The van der Waals surface area contributed by atoms with Crippen molar-refractivity contribution in [3.8, 4) is 5.69 Å². The Morgan fingerprint density at radius 3 is 2.75 bits per heavy atom. The molecule has 1 aliphatic rings. The highest BCUT2D eigenvalue weighted by atomic mass is 16.5. The fraction of sp³-hybridized carbons (Fsp3) is 0.353. The van der Waals surface area contributed by atoms with Crippen LogP contribution in [0.2, 0.25) is 0 Å². The highest BCUT2D eigenvalue weighted by Crippen LogP contribution is 2.24. The van der Waals surface area contributed by atoms with Crippen LogP contribution in [0.1, 0.15) is 28.9 Å². The first-order valence-corrected chi connectivity index (χ1v) is 7.73. The minimum absolute atomic E-state index is 0.162. The van der Waals surface area contributed by atoms with E-state index >= 15 is 0 Å². The molecule has 7 nitrogen and oxygen atoms in total. The molecule has 0 spiro atoms. The Kier molecular flexibility index (Phi) is 4.35. The maximum Gasteiger partial charge on any atom is 0.305 e. The molecule has 1 aliphatic heterocycles. The van der Waals surface area contributed by atoms with Gasteiger partial charge in [-0.25, -0.2) is 4.68 Å². The lowest BCUT2D eigenvalue weighted by Gasteiger charge is -2.26. The van der Waals surface area contributed by atoms with Crippen LogP contribution in [-0.2, 0) is 9.53 Å². The quantitative estimate of drug-likeness (QED) is 0.868. The van der Waals surface area contributed by atoms with E-state index in [4.69, 9.17) is 9.84 Å². The van der Waals surface area contributed by atoms with Crippen LogP contribution in [0.25, 0.3) is 5.69 Å². The van der Waals surface area contributed by atoms with Gasteiger partial charge in [-0.2, -0.15) is 5.10 Å². The molecule has 1 unspecified atom stereocenters. The molecule has 0 aliphatic carbocycles. The van der Waals surface area contributed by atoms with Crippen molar-refractivity contribution >= 4 is 11.9 Å². The molecular weight excluding hydrogens is 310 g/mol. The second-order valence-corrected chi connectivity index (χ2v) is 6.00. The smallest absolute Gasteiger partial charge is 0.305 e. The number of para-hydroxylation sites is 1. The summed E-state index contributed by atoms with van der Waals surface area (Å²) in [5, 5.41) is 16.2. The Bertz CT molecular complexity index is 748. The van der Waals surface area contributed by atoms with Gasteiger partial charge in [-0.15, -0.1) is 0 Å². The van der Waals surface area contributed by atoms with Crippen LogP contribution in [0.5, 0.6) is 0 Å². The van der Waals surface area contributed by atoms with Gasteiger partial charge in [0.2, 0.25) is 0 Å². The molecule has 0 bridgehead atoms. The first-order valence-electron chi connectivity index (χ1n) is 7.73. The van der Waals surface area contributed by atoms with Gasteiger partial charge in [0.05, 0.1) is 41.7 Å². The van der Waals surface area contributed by atoms with E-state index in [1.165, 1.54) is 6.20 Å². The lowest BCUT2D eigenvalue weighted by molar-refractivity contribution is -0.138. The van der Waals surface area contributed by atoms with Gasteiger partial charge in [0.1, 0.15) is 0 Å². The summed E-state index contributed by atoms with van der Waals surface area (Å²) in [6.45, 7) is 2.46. The number of aliphatic carboxylic acids is 1. The molecule has 24 heavy (non-hydrogen) atoms. The molecule has 1 aromatic carbocycles. The van der Waals surface area contributed by atoms with E-state index in [1.807, 2.05) is 37.3 Å². The van der Waals surface area contributed by atoms with Crippen molar-refractivity contribution in [3.63, 3.8) is 0 Å². The molecule has 1 fully saturated rings. The average Bonchev–Trinajstić information content (AvgIpc) is 3.14. The van der Waals surface area contributed by atoms with Crippen LogP contribution in [0.3, 0.4) is 0 Å². The zero-order valence-corrected chi connectivity index (χ0v) is 13.4. The first kappa shape index (κ1) is 16.2. The number of carbonyl (C=O) groups is 2. The third kappa shape index (κ3) is 3.16. The summed E-state index contributed by atoms with van der Waals surface area (Å²) in [4.78, 5) is 23.8. The average molecular weight is 329 g/mol. The van der Waals surface area contributed by atoms with E-state index in [2.05, 4.69) is 10.4 Å². The molecule has 1 aromatic heterocycles. The van der Waals surface area contributed by atoms with Gasteiger partial charge in [0.15, 0.2) is 0 Å². The number of hydrogen-bond acceptors (Lipinski definition) is 4. The highest BCUT2D eigenvalue weighted by Gasteiger charge is 2.39. The Morgan fingerprint density at radius 1 is 1.38 bits per heavy atom. The van der Waals surface area contributed by atoms with Gasteiger partial charge in [-0.1, -0.05) is 18.2 Å². The summed E-state index contributed by atoms with van der Waals surface area (Å²) in [5.74, 6) is -1.29. The van der Waals surface area contributed by atoms with Gasteiger partial charge >= 0.3 is 5.97 Å². The number of carboxylic acids is 1. The van der Waals surface area contributed by atoms with Crippen LogP contribution in [0.15, 0.2) is 36.5 Å². The molecule has 0 saturated carbocycles. The lowest BCUT2D eigenvalue weighted by atomic mass is 9.94. The van der Waals surface area contributed by atoms with E-state index in [1.54, 1.807) is 4.68 Å². The summed E-state index contributed by atoms with van der Waals surface area (Å²) in [6.07, 6.45) is 1.82. The minimum atomic E-state index is -0.961. The van der Waals surface area contributed by atoms with E-state index in [0.717, 1.165) is 5.69 Å². The van der Waals surface area contributed by atoms with Crippen LogP contribution in [-0.4, -0.2) is 45.5 Å². The summed E-state index contributed by atoms with van der Waals surface area (Å²) < 4.78 is 6.99. The predicted molar refractivity (Wildman–Crippen MR) is 86.2 cm³/mol. The van der Waals surface area contributed by atoms with E-state index in [9.17, 15) is 9.59 Å². The molecule has 1 saturated heterocycles. The fourth-order valence-corrected chi connectivity index (χ4v) is 2.95. The van der Waals surface area contributed by atoms with Crippen molar-refractivity contribution in [1.29, 1.82) is 0 Å². The largest absolute Gasteiger partial charge is 0.481 e. The van der Waals surface area contributed by atoms with Crippen molar-refractivity contribution in [2.24, 2.45) is 0 Å². The predicted octanol–water partition coefficient (Wildman–Crippen LogP) is 1.54. The Labute approximate surface area is 139 Å². The molecule has 1 atom stereocenters. The van der Waals surface area contributed by atoms with Crippen molar-refractivity contribution < 1.29 is 19.4 Å². The molecular formula is C17H19N3O4.